The van der Waals surface area contributed by atoms with Crippen LogP contribution in [0.4, 0.5) is 0 Å². The summed E-state index contributed by atoms with van der Waals surface area (Å²) in [7, 11) is 0. The second-order valence-electron chi connectivity index (χ2n) is 19.7. The summed E-state index contributed by atoms with van der Waals surface area (Å²) in [6.45, 7) is 6.77. The predicted molar refractivity (Wildman–Crippen MR) is 285 cm³/mol. The van der Waals surface area contributed by atoms with Gasteiger partial charge in [0.1, 0.15) is 17.3 Å². The van der Waals surface area contributed by atoms with Crippen LogP contribution in [-0.4, -0.2) is 14.1 Å². The highest BCUT2D eigenvalue weighted by Crippen LogP contribution is 2.47. The van der Waals surface area contributed by atoms with Crippen LogP contribution in [0.15, 0.2) is 212 Å². The third-order valence-corrected chi connectivity index (χ3v) is 14.6. The molecule has 9 aromatic carbocycles. The molecular formula is C65H46N4O. The van der Waals surface area contributed by atoms with E-state index in [2.05, 4.69) is 241 Å². The van der Waals surface area contributed by atoms with Gasteiger partial charge in [-0.05, 0) is 133 Å². The zero-order chi connectivity index (χ0) is 46.7. The SMILES string of the molecule is CC(C)(C)c1ccnc(-n2c3cc(Oc4cccc(-n5[c-][n+]6c7c(cccc75)-c5ccccc5-c5ccccc5-c5cccc(-c7ccccc7)c5-6)c4)ccc3c3c4c(ccc32)-c2ccccc2C4)c1. The van der Waals surface area contributed by atoms with E-state index in [4.69, 9.17) is 9.72 Å². The molecule has 12 aromatic rings. The van der Waals surface area contributed by atoms with Crippen molar-refractivity contribution in [2.75, 3.05) is 0 Å². The molecule has 5 heteroatoms. The lowest BCUT2D eigenvalue weighted by atomic mass is 9.88. The van der Waals surface area contributed by atoms with Crippen molar-refractivity contribution in [3.05, 3.63) is 235 Å². The maximum absolute atomic E-state index is 6.95. The molecule has 2 aliphatic rings. The fourth-order valence-corrected chi connectivity index (χ4v) is 11.3. The van der Waals surface area contributed by atoms with Crippen molar-refractivity contribution in [3.8, 4) is 84.3 Å². The lowest BCUT2D eigenvalue weighted by molar-refractivity contribution is -0.570. The summed E-state index contributed by atoms with van der Waals surface area (Å²) in [4.78, 5) is 5.02. The number of pyridine rings is 1. The fourth-order valence-electron chi connectivity index (χ4n) is 11.3. The van der Waals surface area contributed by atoms with Crippen LogP contribution in [0.5, 0.6) is 11.5 Å². The molecule has 0 atom stereocenters. The van der Waals surface area contributed by atoms with Gasteiger partial charge in [-0.2, -0.15) is 0 Å². The van der Waals surface area contributed by atoms with Gasteiger partial charge < -0.3 is 4.74 Å². The Hall–Kier alpha value is -8.80. The van der Waals surface area contributed by atoms with Gasteiger partial charge in [0, 0.05) is 23.0 Å². The van der Waals surface area contributed by atoms with Gasteiger partial charge in [0.05, 0.1) is 33.4 Å². The molecule has 3 aromatic heterocycles. The van der Waals surface area contributed by atoms with E-state index in [9.17, 15) is 0 Å². The second-order valence-corrected chi connectivity index (χ2v) is 19.7. The molecule has 1 aliphatic heterocycles. The summed E-state index contributed by atoms with van der Waals surface area (Å²) in [5.74, 6) is 2.37. The summed E-state index contributed by atoms with van der Waals surface area (Å²) in [6.07, 6.45) is 6.78. The number of nitrogens with zero attached hydrogens (tertiary/aromatic N) is 4. The summed E-state index contributed by atoms with van der Waals surface area (Å²) in [6, 6.07) is 74.4. The van der Waals surface area contributed by atoms with E-state index in [0.29, 0.717) is 0 Å². The minimum Gasteiger partial charge on any atom is -0.458 e. The highest BCUT2D eigenvalue weighted by Gasteiger charge is 2.28. The molecule has 0 saturated carbocycles. The zero-order valence-corrected chi connectivity index (χ0v) is 39.1. The average Bonchev–Trinajstić information content (AvgIpc) is 4.09. The molecule has 332 valence electrons. The highest BCUT2D eigenvalue weighted by atomic mass is 16.5. The van der Waals surface area contributed by atoms with Crippen molar-refractivity contribution < 1.29 is 9.30 Å². The first-order valence-corrected chi connectivity index (χ1v) is 24.2. The fraction of sp³-hybridized carbons (Fsp3) is 0.0769. The third-order valence-electron chi connectivity index (χ3n) is 14.6. The lowest BCUT2D eigenvalue weighted by Gasteiger charge is -2.20. The molecule has 0 unspecified atom stereocenters. The Kier molecular flexibility index (Phi) is 8.84. The molecule has 0 saturated heterocycles. The van der Waals surface area contributed by atoms with Gasteiger partial charge in [-0.25, -0.2) is 4.98 Å². The minimum atomic E-state index is -0.0408. The number of fused-ring (bicyclic) bond motifs is 14. The van der Waals surface area contributed by atoms with Crippen LogP contribution in [0.2, 0.25) is 0 Å². The van der Waals surface area contributed by atoms with Crippen molar-refractivity contribution >= 4 is 32.8 Å². The quantitative estimate of drug-likeness (QED) is 0.127. The molecular weight excluding hydrogens is 853 g/mol. The largest absolute Gasteiger partial charge is 0.458 e. The topological polar surface area (TPSA) is 35.9 Å². The molecule has 0 amide bonds. The maximum Gasteiger partial charge on any atom is 0.269 e. The number of ether oxygens (including phenoxy) is 1. The maximum atomic E-state index is 6.95. The summed E-state index contributed by atoms with van der Waals surface area (Å²) < 4.78 is 13.8. The summed E-state index contributed by atoms with van der Waals surface area (Å²) in [5.41, 5.74) is 22.2. The van der Waals surface area contributed by atoms with E-state index < -0.39 is 0 Å². The Morgan fingerprint density at radius 3 is 1.97 bits per heavy atom. The first-order chi connectivity index (χ1) is 34.4. The highest BCUT2D eigenvalue weighted by molar-refractivity contribution is 6.14. The number of aromatic nitrogens is 4. The first-order valence-electron chi connectivity index (χ1n) is 24.2. The third kappa shape index (κ3) is 6.18. The number of hydrogen-bond acceptors (Lipinski definition) is 2. The van der Waals surface area contributed by atoms with Crippen LogP contribution < -0.4 is 9.30 Å². The number of rotatable bonds is 5. The van der Waals surface area contributed by atoms with Crippen molar-refractivity contribution in [3.63, 3.8) is 0 Å². The van der Waals surface area contributed by atoms with E-state index in [-0.39, 0.29) is 5.41 Å². The second kappa shape index (κ2) is 15.4. The normalized spacial score (nSPS) is 12.4. The Bertz CT molecular complexity index is 4110. The molecule has 5 nitrogen and oxygen atoms in total. The van der Waals surface area contributed by atoms with Crippen LogP contribution in [0, 0.1) is 6.33 Å². The van der Waals surface area contributed by atoms with Crippen LogP contribution >= 0.6 is 0 Å². The number of para-hydroxylation sites is 2. The average molecular weight is 899 g/mol. The Labute approximate surface area is 406 Å². The van der Waals surface area contributed by atoms with Crippen LogP contribution in [0.25, 0.3) is 106 Å². The van der Waals surface area contributed by atoms with Gasteiger partial charge in [0.2, 0.25) is 0 Å². The monoisotopic (exact) mass is 898 g/mol. The van der Waals surface area contributed by atoms with E-state index in [0.717, 1.165) is 79.4 Å². The van der Waals surface area contributed by atoms with Gasteiger partial charge in [-0.3, -0.25) is 13.7 Å². The molecule has 0 radical (unpaired) electrons. The van der Waals surface area contributed by atoms with Crippen LogP contribution in [-0.2, 0) is 11.8 Å². The van der Waals surface area contributed by atoms with Gasteiger partial charge >= 0.3 is 0 Å². The van der Waals surface area contributed by atoms with Crippen molar-refractivity contribution in [1.29, 1.82) is 0 Å². The van der Waals surface area contributed by atoms with E-state index in [1.165, 1.54) is 60.8 Å². The van der Waals surface area contributed by atoms with Crippen molar-refractivity contribution in [2.45, 2.75) is 32.6 Å². The Balaban J connectivity index is 0.942. The van der Waals surface area contributed by atoms with Gasteiger partial charge in [0.15, 0.2) is 0 Å². The number of hydrogen-bond donors (Lipinski definition) is 0. The van der Waals surface area contributed by atoms with Gasteiger partial charge in [-0.1, -0.05) is 172 Å². The zero-order valence-electron chi connectivity index (χ0n) is 39.1. The van der Waals surface area contributed by atoms with E-state index >= 15 is 0 Å². The Morgan fingerprint density at radius 2 is 1.17 bits per heavy atom. The van der Waals surface area contributed by atoms with E-state index in [1.54, 1.807) is 0 Å². The first kappa shape index (κ1) is 40.3. The molecule has 0 N–H and O–H groups in total. The van der Waals surface area contributed by atoms with Gasteiger partial charge in [-0.15, -0.1) is 0 Å². The smallest absolute Gasteiger partial charge is 0.269 e. The number of benzene rings is 9. The standard InChI is InChI=1S/C65H46N4O/c1-65(2,3)43-34-35-66-61(37-43)69-58-33-32-53-47-21-8-7-18-42(47)36-57(53)62(58)56-31-30-46(39-60(56)69)70-45-20-13-19-44(38-45)67-40-68-63-48(41-16-5-4-6-17-41)26-14-27-54(63)51-24-11-9-22-49(51)50-23-10-12-25-52(50)55-28-15-29-59(67)64(55)68/h4-35,37-39H,36H2,1-3H3. The van der Waals surface area contributed by atoms with Crippen molar-refractivity contribution in [1.82, 2.24) is 14.1 Å². The Morgan fingerprint density at radius 1 is 0.514 bits per heavy atom. The molecule has 0 spiro atoms. The molecule has 4 heterocycles. The van der Waals surface area contributed by atoms with E-state index in [1.807, 2.05) is 12.3 Å². The van der Waals surface area contributed by atoms with Crippen LogP contribution in [0.3, 0.4) is 0 Å². The number of imidazole rings is 1. The molecule has 1 aliphatic carbocycles. The molecule has 0 bridgehead atoms. The summed E-state index contributed by atoms with van der Waals surface area (Å²) >= 11 is 0. The summed E-state index contributed by atoms with van der Waals surface area (Å²) in [5, 5.41) is 2.45. The van der Waals surface area contributed by atoms with Crippen molar-refractivity contribution in [2.24, 2.45) is 0 Å². The lowest BCUT2D eigenvalue weighted by Crippen LogP contribution is -2.32. The van der Waals surface area contributed by atoms with Gasteiger partial charge in [0.25, 0.3) is 6.33 Å². The minimum absolute atomic E-state index is 0.0408. The molecule has 0 fully saturated rings. The molecule has 70 heavy (non-hydrogen) atoms. The van der Waals surface area contributed by atoms with Crippen LogP contribution in [0.1, 0.15) is 37.5 Å². The predicted octanol–water partition coefficient (Wildman–Crippen LogP) is 15.8. The molecule has 14 rings (SSSR count).